The Morgan fingerprint density at radius 1 is 1.14 bits per heavy atom. The van der Waals surface area contributed by atoms with E-state index < -0.39 is 0 Å². The van der Waals surface area contributed by atoms with Crippen LogP contribution in [0.15, 0.2) is 29.6 Å². The number of carbonyl (C=O) groups is 2. The molecule has 0 aliphatic carbocycles. The van der Waals surface area contributed by atoms with Crippen molar-refractivity contribution in [2.45, 2.75) is 26.7 Å². The highest BCUT2D eigenvalue weighted by Crippen LogP contribution is 2.19. The van der Waals surface area contributed by atoms with E-state index in [1.165, 1.54) is 23.8 Å². The third-order valence-electron chi connectivity index (χ3n) is 2.86. The summed E-state index contributed by atoms with van der Waals surface area (Å²) >= 11 is 1.22. The van der Waals surface area contributed by atoms with Gasteiger partial charge < -0.3 is 10.6 Å². The van der Waals surface area contributed by atoms with Crippen LogP contribution in [0.3, 0.4) is 0 Å². The molecule has 2 aromatic rings. The number of rotatable bonds is 4. The van der Waals surface area contributed by atoms with Gasteiger partial charge >= 0.3 is 0 Å². The van der Waals surface area contributed by atoms with Crippen molar-refractivity contribution < 1.29 is 9.59 Å². The van der Waals surface area contributed by atoms with Gasteiger partial charge in [0.2, 0.25) is 5.91 Å². The molecule has 1 aromatic heterocycles. The van der Waals surface area contributed by atoms with Crippen molar-refractivity contribution in [2.75, 3.05) is 10.6 Å². The molecule has 0 atom stereocenters. The number of hydrogen-bond acceptors (Lipinski definition) is 4. The zero-order valence-electron chi connectivity index (χ0n) is 12.1. The van der Waals surface area contributed by atoms with Crippen LogP contribution in [-0.4, -0.2) is 16.8 Å². The fourth-order valence-electron chi connectivity index (χ4n) is 1.73. The molecule has 110 valence electrons. The van der Waals surface area contributed by atoms with Crippen molar-refractivity contribution in [3.8, 4) is 0 Å². The Kier molecular flexibility index (Phi) is 4.70. The molecular formula is C15H17N3O2S. The van der Waals surface area contributed by atoms with Crippen LogP contribution in [0.5, 0.6) is 0 Å². The lowest BCUT2D eigenvalue weighted by Gasteiger charge is -2.07. The number of aromatic nitrogens is 1. The van der Waals surface area contributed by atoms with E-state index in [9.17, 15) is 9.59 Å². The molecule has 0 unspecified atom stereocenters. The molecule has 0 fully saturated rings. The van der Waals surface area contributed by atoms with Gasteiger partial charge in [0.15, 0.2) is 5.13 Å². The summed E-state index contributed by atoms with van der Waals surface area (Å²) in [6.45, 7) is 5.64. The van der Waals surface area contributed by atoms with Gasteiger partial charge in [-0.15, -0.1) is 11.3 Å². The summed E-state index contributed by atoms with van der Waals surface area (Å²) in [6, 6.07) is 7.72. The lowest BCUT2D eigenvalue weighted by molar-refractivity contribution is -0.114. The first-order chi connectivity index (χ1) is 9.95. The fraction of sp³-hybridized carbons (Fsp3) is 0.267. The van der Waals surface area contributed by atoms with Crippen LogP contribution >= 0.6 is 11.3 Å². The van der Waals surface area contributed by atoms with Gasteiger partial charge in [-0.05, 0) is 23.6 Å². The minimum Gasteiger partial charge on any atom is -0.321 e. The van der Waals surface area contributed by atoms with E-state index in [1.54, 1.807) is 5.38 Å². The second-order valence-electron chi connectivity index (χ2n) is 4.95. The van der Waals surface area contributed by atoms with E-state index in [2.05, 4.69) is 29.5 Å². The average molecular weight is 303 g/mol. The average Bonchev–Trinajstić information content (AvgIpc) is 2.87. The molecule has 21 heavy (non-hydrogen) atoms. The minimum atomic E-state index is -0.292. The molecule has 0 saturated carbocycles. The molecule has 0 bridgehead atoms. The van der Waals surface area contributed by atoms with Crippen LogP contribution in [0.25, 0.3) is 0 Å². The van der Waals surface area contributed by atoms with E-state index in [1.807, 2.05) is 24.3 Å². The molecule has 6 heteroatoms. The first-order valence-electron chi connectivity index (χ1n) is 6.60. The summed E-state index contributed by atoms with van der Waals surface area (Å²) in [7, 11) is 0. The van der Waals surface area contributed by atoms with Crippen molar-refractivity contribution in [1.29, 1.82) is 0 Å². The third kappa shape index (κ3) is 4.13. The predicted octanol–water partition coefficient (Wildman–Crippen LogP) is 3.48. The quantitative estimate of drug-likeness (QED) is 0.908. The molecule has 0 spiro atoms. The lowest BCUT2D eigenvalue weighted by atomic mass is 10.0. The summed E-state index contributed by atoms with van der Waals surface area (Å²) in [5.41, 5.74) is 2.23. The molecule has 1 aromatic carbocycles. The van der Waals surface area contributed by atoms with Crippen LogP contribution in [0.1, 0.15) is 42.7 Å². The number of carbonyl (C=O) groups excluding carboxylic acids is 2. The van der Waals surface area contributed by atoms with E-state index in [0.717, 1.165) is 5.69 Å². The minimum absolute atomic E-state index is 0.208. The number of amides is 2. The van der Waals surface area contributed by atoms with Gasteiger partial charge in [-0.3, -0.25) is 9.59 Å². The first kappa shape index (κ1) is 15.2. The summed E-state index contributed by atoms with van der Waals surface area (Å²) in [5, 5.41) is 7.37. The monoisotopic (exact) mass is 303 g/mol. The summed E-state index contributed by atoms with van der Waals surface area (Å²) in [6.07, 6.45) is 0. The topological polar surface area (TPSA) is 71.1 Å². The van der Waals surface area contributed by atoms with E-state index in [4.69, 9.17) is 0 Å². The third-order valence-corrected chi connectivity index (χ3v) is 3.61. The van der Waals surface area contributed by atoms with Gasteiger partial charge in [-0.2, -0.15) is 0 Å². The molecule has 1 heterocycles. The van der Waals surface area contributed by atoms with Gasteiger partial charge in [0.1, 0.15) is 5.69 Å². The Morgan fingerprint density at radius 2 is 1.81 bits per heavy atom. The van der Waals surface area contributed by atoms with Crippen LogP contribution in [-0.2, 0) is 4.79 Å². The molecule has 0 aliphatic rings. The maximum absolute atomic E-state index is 12.1. The van der Waals surface area contributed by atoms with Gasteiger partial charge in [0, 0.05) is 18.0 Å². The zero-order chi connectivity index (χ0) is 15.4. The van der Waals surface area contributed by atoms with Crippen molar-refractivity contribution >= 4 is 34.0 Å². The summed E-state index contributed by atoms with van der Waals surface area (Å²) in [4.78, 5) is 27.0. The molecule has 0 radical (unpaired) electrons. The number of benzene rings is 1. The molecule has 0 saturated heterocycles. The maximum Gasteiger partial charge on any atom is 0.275 e. The van der Waals surface area contributed by atoms with Crippen molar-refractivity contribution in [3.63, 3.8) is 0 Å². The van der Waals surface area contributed by atoms with Crippen LogP contribution in [0, 0.1) is 0 Å². The van der Waals surface area contributed by atoms with Gasteiger partial charge in [-0.1, -0.05) is 26.0 Å². The van der Waals surface area contributed by atoms with Crippen molar-refractivity contribution in [3.05, 3.63) is 40.9 Å². The Balaban J connectivity index is 2.03. The molecule has 2 N–H and O–H groups in total. The summed E-state index contributed by atoms with van der Waals surface area (Å²) in [5.74, 6) is -0.0470. The smallest absolute Gasteiger partial charge is 0.275 e. The maximum atomic E-state index is 12.1. The van der Waals surface area contributed by atoms with Crippen LogP contribution in [0.2, 0.25) is 0 Å². The van der Waals surface area contributed by atoms with Gasteiger partial charge in [-0.25, -0.2) is 4.98 Å². The Labute approximate surface area is 127 Å². The zero-order valence-corrected chi connectivity index (χ0v) is 13.0. The summed E-state index contributed by atoms with van der Waals surface area (Å²) < 4.78 is 0. The number of nitrogens with one attached hydrogen (secondary N) is 2. The highest BCUT2D eigenvalue weighted by atomic mass is 32.1. The number of anilines is 2. The van der Waals surface area contributed by atoms with E-state index >= 15 is 0 Å². The number of thiazole rings is 1. The van der Waals surface area contributed by atoms with Crippen molar-refractivity contribution in [1.82, 2.24) is 4.98 Å². The molecule has 0 aliphatic heterocycles. The molecule has 2 amide bonds. The predicted molar refractivity (Wildman–Crippen MR) is 84.9 cm³/mol. The SMILES string of the molecule is CC(=O)Nc1nc(C(=O)Nc2ccc(C(C)C)cc2)cs1. The van der Waals surface area contributed by atoms with E-state index in [0.29, 0.717) is 11.0 Å². The van der Waals surface area contributed by atoms with Gasteiger partial charge in [0.25, 0.3) is 5.91 Å². The van der Waals surface area contributed by atoms with Crippen LogP contribution in [0.4, 0.5) is 10.8 Å². The Morgan fingerprint density at radius 3 is 2.38 bits per heavy atom. The largest absolute Gasteiger partial charge is 0.321 e. The molecule has 5 nitrogen and oxygen atoms in total. The normalized spacial score (nSPS) is 10.5. The fourth-order valence-corrected chi connectivity index (χ4v) is 2.47. The second kappa shape index (κ2) is 6.49. The number of hydrogen-bond donors (Lipinski definition) is 2. The molecule has 2 rings (SSSR count). The standard InChI is InChI=1S/C15H17N3O2S/c1-9(2)11-4-6-12(7-5-11)17-14(20)13-8-21-15(18-13)16-10(3)19/h4-9H,1-3H3,(H,17,20)(H,16,18,19). The van der Waals surface area contributed by atoms with Crippen LogP contribution < -0.4 is 10.6 Å². The lowest BCUT2D eigenvalue weighted by Crippen LogP contribution is -2.13. The van der Waals surface area contributed by atoms with Crippen molar-refractivity contribution in [2.24, 2.45) is 0 Å². The molecular weight excluding hydrogens is 286 g/mol. The van der Waals surface area contributed by atoms with Gasteiger partial charge in [0.05, 0.1) is 0 Å². The highest BCUT2D eigenvalue weighted by molar-refractivity contribution is 7.14. The Hall–Kier alpha value is -2.21. The highest BCUT2D eigenvalue weighted by Gasteiger charge is 2.11. The first-order valence-corrected chi connectivity index (χ1v) is 7.48. The Bertz CT molecular complexity index is 647. The number of nitrogens with zero attached hydrogens (tertiary/aromatic N) is 1. The second-order valence-corrected chi connectivity index (χ2v) is 5.81. The van der Waals surface area contributed by atoms with E-state index in [-0.39, 0.29) is 17.5 Å².